The Labute approximate surface area is 129 Å². The fourth-order valence-corrected chi connectivity index (χ4v) is 2.82. The number of carbonyl (C=O) groups excluding carboxylic acids is 1. The summed E-state index contributed by atoms with van der Waals surface area (Å²) in [6, 6.07) is 11.6. The summed E-state index contributed by atoms with van der Waals surface area (Å²) in [6.07, 6.45) is 0. The number of rotatable bonds is 7. The van der Waals surface area contributed by atoms with E-state index in [-0.39, 0.29) is 5.91 Å². The summed E-state index contributed by atoms with van der Waals surface area (Å²) in [5, 5.41) is 5.09. The molecular formula is C16H20N2O2S. The number of nitrogens with zero attached hydrogens (tertiary/aromatic N) is 1. The van der Waals surface area contributed by atoms with Crippen LogP contribution in [0, 0.1) is 0 Å². The molecule has 1 heterocycles. The van der Waals surface area contributed by atoms with Crippen LogP contribution in [0.1, 0.15) is 15.2 Å². The van der Waals surface area contributed by atoms with E-state index < -0.39 is 0 Å². The van der Waals surface area contributed by atoms with E-state index in [9.17, 15) is 4.79 Å². The van der Waals surface area contributed by atoms with Crippen molar-refractivity contribution in [1.29, 1.82) is 0 Å². The second-order valence-corrected chi connectivity index (χ2v) is 5.63. The van der Waals surface area contributed by atoms with Crippen LogP contribution < -0.4 is 5.32 Å². The molecule has 0 saturated carbocycles. The first-order valence-electron chi connectivity index (χ1n) is 6.83. The van der Waals surface area contributed by atoms with Gasteiger partial charge >= 0.3 is 0 Å². The first kappa shape index (κ1) is 15.5. The van der Waals surface area contributed by atoms with E-state index in [2.05, 4.69) is 5.32 Å². The first-order chi connectivity index (χ1) is 10.3. The normalized spacial score (nSPS) is 10.4. The minimum absolute atomic E-state index is 0.0189. The van der Waals surface area contributed by atoms with Gasteiger partial charge in [0, 0.05) is 31.3 Å². The second kappa shape index (κ2) is 7.81. The molecule has 2 aromatic rings. The number of thiophene rings is 1. The molecule has 1 amide bonds. The zero-order valence-electron chi connectivity index (χ0n) is 12.3. The van der Waals surface area contributed by atoms with Crippen molar-refractivity contribution in [3.05, 3.63) is 52.2 Å². The molecule has 0 saturated heterocycles. The molecule has 1 aromatic carbocycles. The monoisotopic (exact) mass is 304 g/mol. The fraction of sp³-hybridized carbons (Fsp3) is 0.312. The number of hydrogen-bond acceptors (Lipinski definition) is 4. The van der Waals surface area contributed by atoms with Crippen LogP contribution in [-0.4, -0.2) is 38.1 Å². The zero-order chi connectivity index (χ0) is 15.1. The Bertz CT molecular complexity index is 569. The van der Waals surface area contributed by atoms with Gasteiger partial charge in [-0.3, -0.25) is 4.79 Å². The summed E-state index contributed by atoms with van der Waals surface area (Å²) < 4.78 is 5.13. The van der Waals surface area contributed by atoms with Crippen LogP contribution in [0.25, 0.3) is 0 Å². The maximum Gasteiger partial charge on any atom is 0.256 e. The summed E-state index contributed by atoms with van der Waals surface area (Å²) in [5.41, 5.74) is 1.53. The molecule has 4 nitrogen and oxygen atoms in total. The molecule has 2 rings (SSSR count). The molecule has 112 valence electrons. The number of hydrogen-bond donors (Lipinski definition) is 1. The highest BCUT2D eigenvalue weighted by Crippen LogP contribution is 2.19. The Morgan fingerprint density at radius 3 is 2.76 bits per heavy atom. The highest BCUT2D eigenvalue weighted by molar-refractivity contribution is 7.09. The summed E-state index contributed by atoms with van der Waals surface area (Å²) >= 11 is 1.66. The average molecular weight is 304 g/mol. The third kappa shape index (κ3) is 4.06. The summed E-state index contributed by atoms with van der Waals surface area (Å²) in [4.78, 5) is 15.8. The van der Waals surface area contributed by atoms with Gasteiger partial charge in [-0.2, -0.15) is 0 Å². The largest absolute Gasteiger partial charge is 0.387 e. The van der Waals surface area contributed by atoms with Gasteiger partial charge in [-0.05, 0) is 23.6 Å². The molecule has 0 bridgehead atoms. The molecule has 0 spiro atoms. The second-order valence-electron chi connectivity index (χ2n) is 4.59. The Morgan fingerprint density at radius 2 is 2.10 bits per heavy atom. The minimum atomic E-state index is 0.0189. The summed E-state index contributed by atoms with van der Waals surface area (Å²) in [6.45, 7) is 1.71. The number of amides is 1. The van der Waals surface area contributed by atoms with E-state index in [0.717, 1.165) is 5.69 Å². The van der Waals surface area contributed by atoms with Crippen LogP contribution in [0.4, 0.5) is 5.69 Å². The predicted molar refractivity (Wildman–Crippen MR) is 86.9 cm³/mol. The predicted octanol–water partition coefficient (Wildman–Crippen LogP) is 3.08. The molecule has 21 heavy (non-hydrogen) atoms. The van der Waals surface area contributed by atoms with Gasteiger partial charge in [0.15, 0.2) is 0 Å². The standard InChI is InChI=1S/C16H20N2O2S/c1-17-15-8-4-3-7-14(15)16(19)18(9-10-20-2)12-13-6-5-11-21-13/h3-8,11,17H,9-10,12H2,1-2H3. The smallest absolute Gasteiger partial charge is 0.256 e. The lowest BCUT2D eigenvalue weighted by atomic mass is 10.1. The van der Waals surface area contributed by atoms with Gasteiger partial charge in [0.25, 0.3) is 5.91 Å². The molecule has 0 aliphatic carbocycles. The number of nitrogens with one attached hydrogen (secondary N) is 1. The molecule has 0 fully saturated rings. The van der Waals surface area contributed by atoms with Crippen molar-refractivity contribution in [3.8, 4) is 0 Å². The number of methoxy groups -OCH3 is 1. The van der Waals surface area contributed by atoms with E-state index in [4.69, 9.17) is 4.74 Å². The van der Waals surface area contributed by atoms with Crippen LogP contribution in [0.15, 0.2) is 41.8 Å². The Balaban J connectivity index is 2.20. The highest BCUT2D eigenvalue weighted by Gasteiger charge is 2.18. The van der Waals surface area contributed by atoms with Crippen LogP contribution in [0.5, 0.6) is 0 Å². The van der Waals surface area contributed by atoms with E-state index in [1.165, 1.54) is 4.88 Å². The van der Waals surface area contributed by atoms with Crippen molar-refractivity contribution in [2.45, 2.75) is 6.54 Å². The van der Waals surface area contributed by atoms with Crippen molar-refractivity contribution in [2.24, 2.45) is 0 Å². The number of carbonyl (C=O) groups is 1. The van der Waals surface area contributed by atoms with Gasteiger partial charge in [0.05, 0.1) is 18.7 Å². The lowest BCUT2D eigenvalue weighted by molar-refractivity contribution is 0.0683. The number of para-hydroxylation sites is 1. The lowest BCUT2D eigenvalue weighted by Gasteiger charge is -2.23. The van der Waals surface area contributed by atoms with Crippen molar-refractivity contribution < 1.29 is 9.53 Å². The highest BCUT2D eigenvalue weighted by atomic mass is 32.1. The molecule has 1 aromatic heterocycles. The quantitative estimate of drug-likeness (QED) is 0.854. The van der Waals surface area contributed by atoms with Gasteiger partial charge in [0.1, 0.15) is 0 Å². The fourth-order valence-electron chi connectivity index (χ4n) is 2.10. The molecule has 0 unspecified atom stereocenters. The molecule has 0 aliphatic rings. The molecule has 0 atom stereocenters. The number of ether oxygens (including phenoxy) is 1. The van der Waals surface area contributed by atoms with Gasteiger partial charge in [0.2, 0.25) is 0 Å². The van der Waals surface area contributed by atoms with Crippen LogP contribution >= 0.6 is 11.3 Å². The van der Waals surface area contributed by atoms with E-state index in [1.807, 2.05) is 53.7 Å². The maximum absolute atomic E-state index is 12.8. The Hall–Kier alpha value is -1.85. The summed E-state index contributed by atoms with van der Waals surface area (Å²) in [7, 11) is 3.47. The van der Waals surface area contributed by atoms with Crippen molar-refractivity contribution in [1.82, 2.24) is 4.90 Å². The lowest BCUT2D eigenvalue weighted by Crippen LogP contribution is -2.33. The average Bonchev–Trinajstić information content (AvgIpc) is 3.03. The Morgan fingerprint density at radius 1 is 1.29 bits per heavy atom. The van der Waals surface area contributed by atoms with E-state index in [0.29, 0.717) is 25.3 Å². The molecule has 0 radical (unpaired) electrons. The van der Waals surface area contributed by atoms with Crippen LogP contribution in [0.3, 0.4) is 0 Å². The van der Waals surface area contributed by atoms with Gasteiger partial charge in [-0.25, -0.2) is 0 Å². The third-order valence-corrected chi connectivity index (χ3v) is 4.07. The van der Waals surface area contributed by atoms with Gasteiger partial charge in [-0.15, -0.1) is 11.3 Å². The van der Waals surface area contributed by atoms with Crippen molar-refractivity contribution >= 4 is 22.9 Å². The topological polar surface area (TPSA) is 41.6 Å². The maximum atomic E-state index is 12.8. The van der Waals surface area contributed by atoms with E-state index >= 15 is 0 Å². The van der Waals surface area contributed by atoms with Crippen LogP contribution in [0.2, 0.25) is 0 Å². The van der Waals surface area contributed by atoms with Gasteiger partial charge < -0.3 is 15.0 Å². The minimum Gasteiger partial charge on any atom is -0.387 e. The van der Waals surface area contributed by atoms with E-state index in [1.54, 1.807) is 18.4 Å². The number of benzene rings is 1. The molecule has 0 aliphatic heterocycles. The first-order valence-corrected chi connectivity index (χ1v) is 7.71. The molecular weight excluding hydrogens is 284 g/mol. The van der Waals surface area contributed by atoms with Gasteiger partial charge in [-0.1, -0.05) is 18.2 Å². The SMILES string of the molecule is CNc1ccccc1C(=O)N(CCOC)Cc1cccs1. The van der Waals surface area contributed by atoms with Crippen molar-refractivity contribution in [2.75, 3.05) is 32.6 Å². The number of anilines is 1. The summed E-state index contributed by atoms with van der Waals surface area (Å²) in [5.74, 6) is 0.0189. The van der Waals surface area contributed by atoms with Crippen molar-refractivity contribution in [3.63, 3.8) is 0 Å². The third-order valence-electron chi connectivity index (χ3n) is 3.21. The van der Waals surface area contributed by atoms with Crippen LogP contribution in [-0.2, 0) is 11.3 Å². The zero-order valence-corrected chi connectivity index (χ0v) is 13.2. The Kier molecular flexibility index (Phi) is 5.78. The molecule has 5 heteroatoms. The molecule has 1 N–H and O–H groups in total.